The quantitative estimate of drug-likeness (QED) is 0.178. The fraction of sp³-hybridized carbons (Fsp3) is 0.533. The number of ether oxygens (including phenoxy) is 3. The van der Waals surface area contributed by atoms with E-state index >= 15 is 0 Å². The molecule has 55 heavy (non-hydrogen) atoms. The molecule has 10 heteroatoms. The van der Waals surface area contributed by atoms with Gasteiger partial charge in [-0.25, -0.2) is 9.18 Å². The van der Waals surface area contributed by atoms with Crippen molar-refractivity contribution in [3.05, 3.63) is 89.1 Å². The van der Waals surface area contributed by atoms with E-state index in [9.17, 15) is 9.18 Å². The molecule has 1 amide bonds. The molecule has 2 bridgehead atoms. The minimum atomic E-state index is -0.829. The van der Waals surface area contributed by atoms with Gasteiger partial charge in [0, 0.05) is 31.6 Å². The predicted octanol–water partition coefficient (Wildman–Crippen LogP) is 8.27. The van der Waals surface area contributed by atoms with Gasteiger partial charge in [-0.05, 0) is 112 Å². The Bertz CT molecular complexity index is 2040. The average Bonchev–Trinajstić information content (AvgIpc) is 3.78. The van der Waals surface area contributed by atoms with Gasteiger partial charge in [0.1, 0.15) is 36.6 Å². The van der Waals surface area contributed by atoms with E-state index in [1.807, 2.05) is 43.9 Å². The Morgan fingerprint density at radius 3 is 2.49 bits per heavy atom. The van der Waals surface area contributed by atoms with Crippen molar-refractivity contribution in [1.82, 2.24) is 19.8 Å². The van der Waals surface area contributed by atoms with Crippen LogP contribution in [0.25, 0.3) is 10.8 Å². The van der Waals surface area contributed by atoms with Crippen molar-refractivity contribution < 1.29 is 23.4 Å². The second-order valence-corrected chi connectivity index (χ2v) is 17.8. The summed E-state index contributed by atoms with van der Waals surface area (Å²) in [5, 5.41) is 2.40. The molecule has 5 aliphatic rings. The van der Waals surface area contributed by atoms with Crippen molar-refractivity contribution in [3.8, 4) is 11.8 Å². The lowest BCUT2D eigenvalue weighted by Gasteiger charge is -2.43. The van der Waals surface area contributed by atoms with Gasteiger partial charge in [0.2, 0.25) is 0 Å². The number of aromatic nitrogens is 2. The molecule has 0 radical (unpaired) electrons. The molecule has 9 nitrogen and oxygen atoms in total. The minimum absolute atomic E-state index is 0.0493. The summed E-state index contributed by atoms with van der Waals surface area (Å²) in [4.78, 5) is 30.4. The van der Waals surface area contributed by atoms with Crippen LogP contribution in [0.15, 0.2) is 66.7 Å². The minimum Gasteiger partial charge on any atom is -0.489 e. The normalized spacial score (nSPS) is 27.6. The molecule has 3 aromatic carbocycles. The predicted molar refractivity (Wildman–Crippen MR) is 212 cm³/mol. The number of nitrogens with zero attached hydrogens (tertiary/aromatic N) is 5. The van der Waals surface area contributed by atoms with Gasteiger partial charge >= 0.3 is 12.1 Å². The van der Waals surface area contributed by atoms with Crippen molar-refractivity contribution in [2.24, 2.45) is 5.92 Å². The Balaban J connectivity index is 1.05. The number of alkyl halides is 1. The van der Waals surface area contributed by atoms with Crippen LogP contribution in [-0.4, -0.2) is 88.0 Å². The summed E-state index contributed by atoms with van der Waals surface area (Å²) in [6, 6.07) is 23.8. The summed E-state index contributed by atoms with van der Waals surface area (Å²) in [6.07, 6.45) is 4.86. The van der Waals surface area contributed by atoms with E-state index < -0.39 is 11.8 Å². The molecule has 4 aromatic rings. The van der Waals surface area contributed by atoms with Gasteiger partial charge in [0.05, 0.1) is 23.3 Å². The Hall–Kier alpha value is -4.44. The standard InChI is InChI=1S/C45H54FN5O4/c1-29-19-39-40(22-37(29)38-21-35(20-31-13-8-9-14-36(31)38)53-27-30-11-6-5-7-12-30)47-42(54-28-45-17-10-18-50(45)24-32(46)23-45)48-41(39)49-25-33-15-16-34(26-49)51(33)43(52)55-44(2,3)4/h5-9,11-14,20-21,29,32-34,37H,10,15-19,22-28H2,1-4H3/t29?,32-,33-,34+,37?,45+/m1/s1. The first-order chi connectivity index (χ1) is 26.5. The summed E-state index contributed by atoms with van der Waals surface area (Å²) in [5.41, 5.74) is 3.74. The van der Waals surface area contributed by atoms with Crippen LogP contribution >= 0.6 is 0 Å². The van der Waals surface area contributed by atoms with Crippen LogP contribution in [0.2, 0.25) is 0 Å². The first kappa shape index (κ1) is 36.2. The van der Waals surface area contributed by atoms with Crippen LogP contribution in [0, 0.1) is 5.92 Å². The highest BCUT2D eigenvalue weighted by Crippen LogP contribution is 2.45. The molecule has 0 N–H and O–H groups in total. The smallest absolute Gasteiger partial charge is 0.410 e. The molecule has 0 spiro atoms. The van der Waals surface area contributed by atoms with Gasteiger partial charge in [-0.3, -0.25) is 9.80 Å². The first-order valence-corrected chi connectivity index (χ1v) is 20.4. The van der Waals surface area contributed by atoms with Crippen LogP contribution in [0.3, 0.4) is 0 Å². The van der Waals surface area contributed by atoms with E-state index in [2.05, 4.69) is 65.3 Å². The van der Waals surface area contributed by atoms with Gasteiger partial charge in [-0.1, -0.05) is 61.5 Å². The SMILES string of the molecule is CC1Cc2c(nc(OC[C@@]34CCCN3C[C@H](F)C4)nc2N2C[C@H]3CC[C@@H](C2)N3C(=O)OC(C)(C)C)CC1c1cc(OCc2ccccc2)cc2ccccc12. The maximum atomic E-state index is 14.7. The van der Waals surface area contributed by atoms with Crippen LogP contribution < -0.4 is 14.4 Å². The molecule has 2 unspecified atom stereocenters. The topological polar surface area (TPSA) is 80.3 Å². The number of carbonyl (C=O) groups excluding carboxylic acids is 1. The molecule has 5 heterocycles. The van der Waals surface area contributed by atoms with E-state index in [0.717, 1.165) is 73.3 Å². The summed E-state index contributed by atoms with van der Waals surface area (Å²) in [7, 11) is 0. The number of hydrogen-bond acceptors (Lipinski definition) is 8. The van der Waals surface area contributed by atoms with Gasteiger partial charge in [0.25, 0.3) is 0 Å². The highest BCUT2D eigenvalue weighted by Gasteiger charge is 2.50. The van der Waals surface area contributed by atoms with Crippen LogP contribution in [0.4, 0.5) is 15.0 Å². The molecule has 4 fully saturated rings. The molecule has 290 valence electrons. The Morgan fingerprint density at radius 2 is 1.71 bits per heavy atom. The van der Waals surface area contributed by atoms with Crippen molar-refractivity contribution >= 4 is 22.7 Å². The number of halogens is 1. The lowest BCUT2D eigenvalue weighted by Crippen LogP contribution is -2.57. The Kier molecular flexibility index (Phi) is 9.38. The third kappa shape index (κ3) is 7.11. The summed E-state index contributed by atoms with van der Waals surface area (Å²) >= 11 is 0. The highest BCUT2D eigenvalue weighted by atomic mass is 19.1. The zero-order valence-electron chi connectivity index (χ0n) is 32.7. The number of anilines is 1. The average molecular weight is 748 g/mol. The Morgan fingerprint density at radius 1 is 0.945 bits per heavy atom. The molecule has 4 aliphatic heterocycles. The third-order valence-corrected chi connectivity index (χ3v) is 12.8. The van der Waals surface area contributed by atoms with Crippen LogP contribution in [0.1, 0.15) is 88.1 Å². The number of amides is 1. The number of piperazine rings is 1. The zero-order valence-corrected chi connectivity index (χ0v) is 32.7. The van der Waals surface area contributed by atoms with E-state index in [4.69, 9.17) is 24.2 Å². The fourth-order valence-electron chi connectivity index (χ4n) is 10.3. The second kappa shape index (κ2) is 14.3. The zero-order chi connectivity index (χ0) is 37.9. The largest absolute Gasteiger partial charge is 0.489 e. The van der Waals surface area contributed by atoms with Crippen molar-refractivity contribution in [3.63, 3.8) is 0 Å². The molecular weight excluding hydrogens is 694 g/mol. The molecule has 4 saturated heterocycles. The lowest BCUT2D eigenvalue weighted by atomic mass is 9.74. The fourth-order valence-corrected chi connectivity index (χ4v) is 10.3. The summed E-state index contributed by atoms with van der Waals surface area (Å²) < 4.78 is 33.6. The van der Waals surface area contributed by atoms with Gasteiger partial charge < -0.3 is 19.1 Å². The summed E-state index contributed by atoms with van der Waals surface area (Å²) in [6.45, 7) is 11.8. The van der Waals surface area contributed by atoms with E-state index in [1.165, 1.54) is 16.5 Å². The molecule has 6 atom stereocenters. The van der Waals surface area contributed by atoms with Crippen LogP contribution in [-0.2, 0) is 24.2 Å². The number of fused-ring (bicyclic) bond motifs is 5. The van der Waals surface area contributed by atoms with E-state index in [1.54, 1.807) is 0 Å². The molecular formula is C45H54FN5O4. The maximum Gasteiger partial charge on any atom is 0.410 e. The molecule has 1 aromatic heterocycles. The number of benzene rings is 3. The Labute approximate surface area is 324 Å². The highest BCUT2D eigenvalue weighted by molar-refractivity contribution is 5.88. The van der Waals surface area contributed by atoms with Gasteiger partial charge in [-0.15, -0.1) is 0 Å². The van der Waals surface area contributed by atoms with Gasteiger partial charge in [0.15, 0.2) is 0 Å². The molecule has 9 rings (SSSR count). The maximum absolute atomic E-state index is 14.7. The molecule has 1 aliphatic carbocycles. The third-order valence-electron chi connectivity index (χ3n) is 12.8. The van der Waals surface area contributed by atoms with E-state index in [-0.39, 0.29) is 29.6 Å². The molecule has 0 saturated carbocycles. The van der Waals surface area contributed by atoms with Crippen molar-refractivity contribution in [2.45, 2.75) is 115 Å². The van der Waals surface area contributed by atoms with Gasteiger partial charge in [-0.2, -0.15) is 9.97 Å². The van der Waals surface area contributed by atoms with Crippen molar-refractivity contribution in [1.29, 1.82) is 0 Å². The summed E-state index contributed by atoms with van der Waals surface area (Å²) in [5.74, 6) is 2.29. The monoisotopic (exact) mass is 747 g/mol. The number of carbonyl (C=O) groups is 1. The second-order valence-electron chi connectivity index (χ2n) is 17.8. The van der Waals surface area contributed by atoms with E-state index in [0.29, 0.717) is 51.2 Å². The van der Waals surface area contributed by atoms with Crippen molar-refractivity contribution in [2.75, 3.05) is 37.7 Å². The number of rotatable bonds is 8. The lowest BCUT2D eigenvalue weighted by molar-refractivity contribution is 0.0122. The number of hydrogen-bond donors (Lipinski definition) is 0. The van der Waals surface area contributed by atoms with Crippen LogP contribution in [0.5, 0.6) is 11.8 Å². The first-order valence-electron chi connectivity index (χ1n) is 20.4.